The fourth-order valence-electron chi connectivity index (χ4n) is 2.15. The lowest BCUT2D eigenvalue weighted by molar-refractivity contribution is 0.439. The van der Waals surface area contributed by atoms with Gasteiger partial charge in [0, 0.05) is 12.1 Å². The van der Waals surface area contributed by atoms with Gasteiger partial charge in [0.2, 0.25) is 0 Å². The van der Waals surface area contributed by atoms with E-state index >= 15 is 0 Å². The molecule has 1 aromatic carbocycles. The SMILES string of the molecule is CCc1nc(Nc2ccc(Cl)c(Cl)c2)c2c(CC)noc2n1. The average Bonchev–Trinajstić information content (AvgIpc) is 2.94. The summed E-state index contributed by atoms with van der Waals surface area (Å²) in [5.41, 5.74) is 2.10. The third-order valence-corrected chi connectivity index (χ3v) is 4.03. The van der Waals surface area contributed by atoms with Crippen molar-refractivity contribution < 1.29 is 4.52 Å². The Balaban J connectivity index is 2.11. The lowest BCUT2D eigenvalue weighted by Crippen LogP contribution is -2.01. The zero-order valence-corrected chi connectivity index (χ0v) is 13.7. The van der Waals surface area contributed by atoms with Crippen molar-refractivity contribution in [1.29, 1.82) is 0 Å². The maximum atomic E-state index is 6.06. The summed E-state index contributed by atoms with van der Waals surface area (Å²) < 4.78 is 5.32. The third-order valence-electron chi connectivity index (χ3n) is 3.29. The predicted molar refractivity (Wildman–Crippen MR) is 88.1 cm³/mol. The largest absolute Gasteiger partial charge is 0.339 e. The summed E-state index contributed by atoms with van der Waals surface area (Å²) in [6.45, 7) is 4.00. The van der Waals surface area contributed by atoms with E-state index in [1.54, 1.807) is 12.1 Å². The second-order valence-electron chi connectivity index (χ2n) is 4.76. The molecule has 2 aromatic heterocycles. The van der Waals surface area contributed by atoms with Gasteiger partial charge in [-0.05, 0) is 24.6 Å². The van der Waals surface area contributed by atoms with Crippen LogP contribution >= 0.6 is 23.2 Å². The van der Waals surface area contributed by atoms with Crippen LogP contribution in [0.4, 0.5) is 11.5 Å². The highest BCUT2D eigenvalue weighted by Crippen LogP contribution is 2.30. The van der Waals surface area contributed by atoms with Gasteiger partial charge in [0.1, 0.15) is 17.0 Å². The lowest BCUT2D eigenvalue weighted by atomic mass is 10.2. The molecule has 114 valence electrons. The fourth-order valence-corrected chi connectivity index (χ4v) is 2.45. The van der Waals surface area contributed by atoms with Gasteiger partial charge >= 0.3 is 0 Å². The Labute approximate surface area is 137 Å². The van der Waals surface area contributed by atoms with Gasteiger partial charge in [0.25, 0.3) is 5.71 Å². The number of benzene rings is 1. The smallest absolute Gasteiger partial charge is 0.263 e. The first kappa shape index (κ1) is 15.1. The molecule has 22 heavy (non-hydrogen) atoms. The summed E-state index contributed by atoms with van der Waals surface area (Å²) in [6.07, 6.45) is 1.44. The summed E-state index contributed by atoms with van der Waals surface area (Å²) in [7, 11) is 0. The monoisotopic (exact) mass is 336 g/mol. The molecule has 0 unspecified atom stereocenters. The average molecular weight is 337 g/mol. The number of fused-ring (bicyclic) bond motifs is 1. The Hall–Kier alpha value is -1.85. The molecule has 0 fully saturated rings. The molecule has 0 saturated heterocycles. The number of rotatable bonds is 4. The van der Waals surface area contributed by atoms with Crippen LogP contribution in [0, 0.1) is 0 Å². The van der Waals surface area contributed by atoms with Gasteiger partial charge in [-0.3, -0.25) is 0 Å². The van der Waals surface area contributed by atoms with E-state index in [4.69, 9.17) is 27.7 Å². The van der Waals surface area contributed by atoms with E-state index in [0.29, 0.717) is 33.8 Å². The Morgan fingerprint density at radius 1 is 1.09 bits per heavy atom. The quantitative estimate of drug-likeness (QED) is 0.741. The van der Waals surface area contributed by atoms with Crippen LogP contribution in [0.5, 0.6) is 0 Å². The first-order valence-corrected chi connectivity index (χ1v) is 7.75. The van der Waals surface area contributed by atoms with Crippen LogP contribution in [0.3, 0.4) is 0 Å². The minimum Gasteiger partial charge on any atom is -0.339 e. The Morgan fingerprint density at radius 3 is 2.59 bits per heavy atom. The van der Waals surface area contributed by atoms with Gasteiger partial charge < -0.3 is 9.84 Å². The number of nitrogens with zero attached hydrogens (tertiary/aromatic N) is 3. The first-order valence-electron chi connectivity index (χ1n) is 6.99. The Bertz CT molecular complexity index is 832. The highest BCUT2D eigenvalue weighted by atomic mass is 35.5. The molecule has 0 amide bonds. The van der Waals surface area contributed by atoms with Crippen molar-refractivity contribution in [2.45, 2.75) is 26.7 Å². The van der Waals surface area contributed by atoms with Gasteiger partial charge in [-0.2, -0.15) is 4.98 Å². The summed E-state index contributed by atoms with van der Waals surface area (Å²) >= 11 is 12.0. The lowest BCUT2D eigenvalue weighted by Gasteiger charge is -2.09. The molecular weight excluding hydrogens is 323 g/mol. The van der Waals surface area contributed by atoms with Crippen LogP contribution in [0.25, 0.3) is 11.1 Å². The molecule has 1 N–H and O–H groups in total. The maximum absolute atomic E-state index is 6.06. The molecular formula is C15H14Cl2N4O. The molecule has 7 heteroatoms. The molecule has 0 bridgehead atoms. The number of halogens is 2. The van der Waals surface area contributed by atoms with E-state index in [-0.39, 0.29) is 0 Å². The van der Waals surface area contributed by atoms with Crippen LogP contribution < -0.4 is 5.32 Å². The summed E-state index contributed by atoms with van der Waals surface area (Å²) in [6, 6.07) is 5.33. The van der Waals surface area contributed by atoms with E-state index in [1.165, 1.54) is 0 Å². The van der Waals surface area contributed by atoms with Crippen LogP contribution in [0.15, 0.2) is 22.7 Å². The fraction of sp³-hybridized carbons (Fsp3) is 0.267. The second kappa shape index (κ2) is 6.10. The number of nitrogens with one attached hydrogen (secondary N) is 1. The number of aromatic nitrogens is 3. The van der Waals surface area contributed by atoms with Crippen molar-refractivity contribution in [1.82, 2.24) is 15.1 Å². The number of hydrogen-bond acceptors (Lipinski definition) is 5. The number of anilines is 2. The molecule has 0 atom stereocenters. The van der Waals surface area contributed by atoms with Crippen molar-refractivity contribution in [3.05, 3.63) is 39.8 Å². The molecule has 0 aliphatic rings. The minimum atomic E-state index is 0.480. The van der Waals surface area contributed by atoms with Crippen molar-refractivity contribution in [3.8, 4) is 0 Å². The Morgan fingerprint density at radius 2 is 1.91 bits per heavy atom. The third kappa shape index (κ3) is 2.74. The van der Waals surface area contributed by atoms with Gasteiger partial charge in [-0.1, -0.05) is 42.2 Å². The first-order chi connectivity index (χ1) is 10.6. The van der Waals surface area contributed by atoms with E-state index in [9.17, 15) is 0 Å². The van der Waals surface area contributed by atoms with E-state index < -0.39 is 0 Å². The van der Waals surface area contributed by atoms with Crippen molar-refractivity contribution >= 4 is 45.8 Å². The van der Waals surface area contributed by atoms with Crippen LogP contribution in [0.2, 0.25) is 10.0 Å². The molecule has 2 heterocycles. The highest BCUT2D eigenvalue weighted by Gasteiger charge is 2.16. The standard InChI is InChI=1S/C15H14Cl2N4O/c1-3-11-13-14(18-8-5-6-9(16)10(17)7-8)19-12(4-2)20-15(13)22-21-11/h5-7H,3-4H2,1-2H3,(H,18,19,20). The summed E-state index contributed by atoms with van der Waals surface area (Å²) in [5, 5.41) is 9.10. The second-order valence-corrected chi connectivity index (χ2v) is 5.57. The normalized spacial score (nSPS) is 11.1. The van der Waals surface area contributed by atoms with Crippen LogP contribution in [-0.2, 0) is 12.8 Å². The van der Waals surface area contributed by atoms with Crippen LogP contribution in [0.1, 0.15) is 25.4 Å². The molecule has 0 aliphatic carbocycles. The zero-order valence-electron chi connectivity index (χ0n) is 12.2. The number of hydrogen-bond donors (Lipinski definition) is 1. The zero-order chi connectivity index (χ0) is 15.7. The van der Waals surface area contributed by atoms with E-state index in [0.717, 1.165) is 23.2 Å². The maximum Gasteiger partial charge on any atom is 0.263 e. The minimum absolute atomic E-state index is 0.480. The number of aryl methyl sites for hydroxylation is 2. The van der Waals surface area contributed by atoms with Crippen LogP contribution in [-0.4, -0.2) is 15.1 Å². The molecule has 3 rings (SSSR count). The molecule has 3 aromatic rings. The summed E-state index contributed by atoms with van der Waals surface area (Å²) in [5.74, 6) is 1.35. The molecule has 5 nitrogen and oxygen atoms in total. The van der Waals surface area contributed by atoms with Crippen molar-refractivity contribution in [2.75, 3.05) is 5.32 Å². The van der Waals surface area contributed by atoms with Gasteiger partial charge in [0.15, 0.2) is 0 Å². The highest BCUT2D eigenvalue weighted by molar-refractivity contribution is 6.42. The van der Waals surface area contributed by atoms with E-state index in [2.05, 4.69) is 20.4 Å². The van der Waals surface area contributed by atoms with Gasteiger partial charge in [-0.25, -0.2) is 4.98 Å². The molecule has 0 saturated carbocycles. The topological polar surface area (TPSA) is 63.8 Å². The molecule has 0 radical (unpaired) electrons. The van der Waals surface area contributed by atoms with E-state index in [1.807, 2.05) is 19.9 Å². The summed E-state index contributed by atoms with van der Waals surface area (Å²) in [4.78, 5) is 8.92. The van der Waals surface area contributed by atoms with Crippen molar-refractivity contribution in [3.63, 3.8) is 0 Å². The molecule has 0 spiro atoms. The van der Waals surface area contributed by atoms with Gasteiger partial charge in [0.05, 0.1) is 15.7 Å². The van der Waals surface area contributed by atoms with Crippen molar-refractivity contribution in [2.24, 2.45) is 0 Å². The predicted octanol–water partition coefficient (Wildman–Crippen LogP) is 4.79. The molecule has 0 aliphatic heterocycles. The Kier molecular flexibility index (Phi) is 4.18. The van der Waals surface area contributed by atoms with Gasteiger partial charge in [-0.15, -0.1) is 0 Å².